The van der Waals surface area contributed by atoms with Crippen LogP contribution in [0.3, 0.4) is 0 Å². The molecule has 0 aliphatic heterocycles. The van der Waals surface area contributed by atoms with Crippen molar-refractivity contribution >= 4 is 0 Å². The first-order valence-electron chi connectivity index (χ1n) is 5.31. The van der Waals surface area contributed by atoms with Crippen LogP contribution in [0.2, 0.25) is 0 Å². The zero-order valence-corrected chi connectivity index (χ0v) is 10.0. The highest BCUT2D eigenvalue weighted by Gasteiger charge is 2.19. The molecule has 3 nitrogen and oxygen atoms in total. The minimum absolute atomic E-state index is 0.179. The van der Waals surface area contributed by atoms with Gasteiger partial charge >= 0.3 is 0 Å². The van der Waals surface area contributed by atoms with Crippen LogP contribution in [0.5, 0.6) is 0 Å². The lowest BCUT2D eigenvalue weighted by molar-refractivity contribution is 0.313. The fourth-order valence-electron chi connectivity index (χ4n) is 1.57. The molecule has 3 heteroatoms. The summed E-state index contributed by atoms with van der Waals surface area (Å²) in [6.07, 6.45) is 2.89. The van der Waals surface area contributed by atoms with E-state index in [2.05, 4.69) is 37.2 Å². The summed E-state index contributed by atoms with van der Waals surface area (Å²) in [7, 11) is 0. The molecule has 0 saturated heterocycles. The molecule has 0 saturated carbocycles. The second-order valence-corrected chi connectivity index (χ2v) is 5.22. The number of aromatic nitrogens is 1. The van der Waals surface area contributed by atoms with Crippen LogP contribution in [0.4, 0.5) is 0 Å². The van der Waals surface area contributed by atoms with E-state index < -0.39 is 0 Å². The maximum absolute atomic E-state index is 5.57. The van der Waals surface area contributed by atoms with Crippen LogP contribution < -0.4 is 11.3 Å². The topological polar surface area (TPSA) is 50.9 Å². The average molecular weight is 207 g/mol. The number of nitrogens with one attached hydrogen (secondary N) is 1. The lowest BCUT2D eigenvalue weighted by Crippen LogP contribution is -2.31. The van der Waals surface area contributed by atoms with Crippen LogP contribution in [-0.2, 0) is 0 Å². The van der Waals surface area contributed by atoms with Gasteiger partial charge in [0.1, 0.15) is 0 Å². The smallest absolute Gasteiger partial charge is 0.0480 e. The van der Waals surface area contributed by atoms with Gasteiger partial charge < -0.3 is 0 Å². The molecule has 84 valence electrons. The minimum atomic E-state index is 0.179. The predicted molar refractivity (Wildman–Crippen MR) is 63.1 cm³/mol. The molecular formula is C12H21N3. The summed E-state index contributed by atoms with van der Waals surface area (Å²) in [5.74, 6) is 5.57. The molecule has 0 radical (unpaired) electrons. The van der Waals surface area contributed by atoms with Crippen LogP contribution >= 0.6 is 0 Å². The summed E-state index contributed by atoms with van der Waals surface area (Å²) in [6.45, 7) is 8.61. The van der Waals surface area contributed by atoms with Gasteiger partial charge in [0.15, 0.2) is 0 Å². The van der Waals surface area contributed by atoms with Gasteiger partial charge in [-0.15, -0.1) is 0 Å². The van der Waals surface area contributed by atoms with E-state index in [0.717, 1.165) is 17.7 Å². The molecule has 3 N–H and O–H groups in total. The molecule has 0 fully saturated rings. The molecule has 0 aliphatic rings. The number of nitrogens with zero attached hydrogens (tertiary/aromatic N) is 1. The summed E-state index contributed by atoms with van der Waals surface area (Å²) in [6, 6.07) is 4.28. The van der Waals surface area contributed by atoms with E-state index in [0.29, 0.717) is 0 Å². The fourth-order valence-corrected chi connectivity index (χ4v) is 1.57. The Balaban J connectivity index is 2.79. The van der Waals surface area contributed by atoms with Crippen LogP contribution in [0.25, 0.3) is 0 Å². The average Bonchev–Trinajstić information content (AvgIpc) is 2.14. The summed E-state index contributed by atoms with van der Waals surface area (Å²) in [5, 5.41) is 0. The van der Waals surface area contributed by atoms with Gasteiger partial charge in [-0.1, -0.05) is 26.8 Å². The zero-order chi connectivity index (χ0) is 11.5. The maximum Gasteiger partial charge on any atom is 0.0480 e. The second kappa shape index (κ2) is 4.73. The van der Waals surface area contributed by atoms with Crippen molar-refractivity contribution in [1.29, 1.82) is 0 Å². The summed E-state index contributed by atoms with van der Waals surface area (Å²) >= 11 is 0. The molecule has 1 atom stereocenters. The summed E-state index contributed by atoms with van der Waals surface area (Å²) in [5.41, 5.74) is 5.29. The Morgan fingerprint density at radius 2 is 2.07 bits per heavy atom. The zero-order valence-electron chi connectivity index (χ0n) is 10.0. The van der Waals surface area contributed by atoms with Crippen LogP contribution in [0.1, 0.15) is 44.5 Å². The van der Waals surface area contributed by atoms with Crippen molar-refractivity contribution in [3.8, 4) is 0 Å². The number of hydrogen-bond acceptors (Lipinski definition) is 3. The molecule has 1 rings (SSSR count). The van der Waals surface area contributed by atoms with Gasteiger partial charge in [0.05, 0.1) is 0 Å². The van der Waals surface area contributed by atoms with Crippen LogP contribution in [-0.4, -0.2) is 4.98 Å². The number of hydrazine groups is 1. The number of hydrogen-bond donors (Lipinski definition) is 2. The van der Waals surface area contributed by atoms with Gasteiger partial charge in [-0.2, -0.15) is 0 Å². The Bertz CT molecular complexity index is 298. The molecule has 1 unspecified atom stereocenters. The van der Waals surface area contributed by atoms with E-state index in [1.54, 1.807) is 0 Å². The van der Waals surface area contributed by atoms with Gasteiger partial charge in [0, 0.05) is 17.9 Å². The van der Waals surface area contributed by atoms with Crippen molar-refractivity contribution in [3.05, 3.63) is 29.6 Å². The lowest BCUT2D eigenvalue weighted by atomic mass is 9.86. The van der Waals surface area contributed by atoms with Gasteiger partial charge in [0.2, 0.25) is 0 Å². The summed E-state index contributed by atoms with van der Waals surface area (Å²) in [4.78, 5) is 4.28. The molecule has 0 aromatic carbocycles. The Labute approximate surface area is 92.1 Å². The minimum Gasteiger partial charge on any atom is -0.271 e. The van der Waals surface area contributed by atoms with E-state index >= 15 is 0 Å². The van der Waals surface area contributed by atoms with E-state index in [9.17, 15) is 0 Å². The first kappa shape index (κ1) is 12.1. The Morgan fingerprint density at radius 3 is 2.47 bits per heavy atom. The van der Waals surface area contributed by atoms with Crippen LogP contribution in [0, 0.1) is 12.3 Å². The Kier molecular flexibility index (Phi) is 3.83. The molecule has 0 spiro atoms. The lowest BCUT2D eigenvalue weighted by Gasteiger charge is -2.25. The van der Waals surface area contributed by atoms with Gasteiger partial charge in [-0.05, 0) is 30.4 Å². The largest absolute Gasteiger partial charge is 0.271 e. The molecule has 1 aromatic rings. The maximum atomic E-state index is 5.57. The van der Waals surface area contributed by atoms with Crippen molar-refractivity contribution < 1.29 is 0 Å². The van der Waals surface area contributed by atoms with Crippen molar-refractivity contribution in [2.75, 3.05) is 0 Å². The van der Waals surface area contributed by atoms with Crippen molar-refractivity contribution in [2.45, 2.75) is 40.2 Å². The number of rotatable bonds is 3. The van der Waals surface area contributed by atoms with E-state index in [1.165, 1.54) is 0 Å². The first-order valence-corrected chi connectivity index (χ1v) is 5.31. The fraction of sp³-hybridized carbons (Fsp3) is 0.583. The van der Waals surface area contributed by atoms with Crippen LogP contribution in [0.15, 0.2) is 18.3 Å². The first-order chi connectivity index (χ1) is 6.92. The predicted octanol–water partition coefficient (Wildman–Crippen LogP) is 2.33. The molecule has 0 bridgehead atoms. The van der Waals surface area contributed by atoms with E-state index in [-0.39, 0.29) is 11.5 Å². The molecule has 1 heterocycles. The Morgan fingerprint density at radius 1 is 1.40 bits per heavy atom. The Hall–Kier alpha value is -0.930. The highest BCUT2D eigenvalue weighted by Crippen LogP contribution is 2.28. The highest BCUT2D eigenvalue weighted by molar-refractivity contribution is 5.17. The molecule has 1 aromatic heterocycles. The number of aryl methyl sites for hydroxylation is 1. The highest BCUT2D eigenvalue weighted by atomic mass is 15.2. The van der Waals surface area contributed by atoms with Crippen molar-refractivity contribution in [3.63, 3.8) is 0 Å². The standard InChI is InChI=1S/C12H21N3/c1-9-5-6-10(8-14-9)11(15-13)7-12(2,3)4/h5-6,8,11,15H,7,13H2,1-4H3. The molecule has 0 aliphatic carbocycles. The number of nitrogens with two attached hydrogens (primary N) is 1. The molecule has 0 amide bonds. The summed E-state index contributed by atoms with van der Waals surface area (Å²) < 4.78 is 0. The SMILES string of the molecule is Cc1ccc(C(CC(C)(C)C)NN)cn1. The molecular weight excluding hydrogens is 186 g/mol. The third-order valence-corrected chi connectivity index (χ3v) is 2.35. The van der Waals surface area contributed by atoms with Gasteiger partial charge in [-0.25, -0.2) is 0 Å². The normalized spacial score (nSPS) is 13.9. The van der Waals surface area contributed by atoms with Crippen molar-refractivity contribution in [2.24, 2.45) is 11.3 Å². The van der Waals surface area contributed by atoms with Gasteiger partial charge in [-0.3, -0.25) is 16.3 Å². The van der Waals surface area contributed by atoms with E-state index in [1.807, 2.05) is 19.2 Å². The van der Waals surface area contributed by atoms with E-state index in [4.69, 9.17) is 5.84 Å². The van der Waals surface area contributed by atoms with Gasteiger partial charge in [0.25, 0.3) is 0 Å². The third-order valence-electron chi connectivity index (χ3n) is 2.35. The number of pyridine rings is 1. The van der Waals surface area contributed by atoms with Crippen molar-refractivity contribution in [1.82, 2.24) is 10.4 Å². The second-order valence-electron chi connectivity index (χ2n) is 5.22. The third kappa shape index (κ3) is 3.98. The monoisotopic (exact) mass is 207 g/mol. The quantitative estimate of drug-likeness (QED) is 0.591. The molecule has 15 heavy (non-hydrogen) atoms.